The zero-order chi connectivity index (χ0) is 22.0. The molecule has 7 nitrogen and oxygen atoms in total. The third-order valence-corrected chi connectivity index (χ3v) is 5.74. The van der Waals surface area contributed by atoms with Crippen molar-refractivity contribution in [1.82, 2.24) is 4.90 Å². The highest BCUT2D eigenvalue weighted by Gasteiger charge is 2.43. The third kappa shape index (κ3) is 3.84. The van der Waals surface area contributed by atoms with Crippen molar-refractivity contribution in [3.63, 3.8) is 0 Å². The minimum atomic E-state index is -1.03. The summed E-state index contributed by atoms with van der Waals surface area (Å²) < 4.78 is 17.2. The van der Waals surface area contributed by atoms with Crippen molar-refractivity contribution in [3.05, 3.63) is 51.5 Å². The Morgan fingerprint density at radius 2 is 1.73 bits per heavy atom. The Kier molecular flexibility index (Phi) is 6.55. The van der Waals surface area contributed by atoms with Gasteiger partial charge < -0.3 is 24.2 Å². The molecule has 0 radical (unpaired) electrons. The zero-order valence-electron chi connectivity index (χ0n) is 17.3. The van der Waals surface area contributed by atoms with E-state index in [9.17, 15) is 14.7 Å². The number of nitrogens with zero attached hydrogens (tertiary/aromatic N) is 1. The van der Waals surface area contributed by atoms with Gasteiger partial charge in [-0.3, -0.25) is 9.59 Å². The molecule has 2 atom stereocenters. The lowest BCUT2D eigenvalue weighted by molar-refractivity contribution is -0.140. The van der Waals surface area contributed by atoms with Crippen LogP contribution in [0.1, 0.15) is 47.3 Å². The average Bonchev–Trinajstić information content (AvgIpc) is 2.71. The summed E-state index contributed by atoms with van der Waals surface area (Å²) in [7, 11) is 3.17. The van der Waals surface area contributed by atoms with Crippen LogP contribution in [0.2, 0.25) is 0 Å². The SMILES string of the molecule is CCOc1cc2c(cc1OCC)[C@@H](C(=O)O)[C@@H](c1ccc(OC)c(Br)c1)N(C)C2=O. The van der Waals surface area contributed by atoms with Crippen molar-refractivity contribution in [1.29, 1.82) is 0 Å². The number of carbonyl (C=O) groups excluding carboxylic acids is 1. The first kappa shape index (κ1) is 22.0. The molecule has 2 aromatic rings. The molecule has 0 spiro atoms. The lowest BCUT2D eigenvalue weighted by Crippen LogP contribution is -2.42. The van der Waals surface area contributed by atoms with Gasteiger partial charge in [0.05, 0.1) is 30.8 Å². The maximum atomic E-state index is 13.2. The Morgan fingerprint density at radius 1 is 1.10 bits per heavy atom. The molecule has 2 aromatic carbocycles. The second kappa shape index (κ2) is 8.95. The molecule has 1 aliphatic heterocycles. The molecular formula is C22H24BrNO6. The number of aliphatic carboxylic acids is 1. The Morgan fingerprint density at radius 3 is 2.27 bits per heavy atom. The first-order valence-corrected chi connectivity index (χ1v) is 10.4. The molecule has 1 amide bonds. The van der Waals surface area contributed by atoms with E-state index in [0.717, 1.165) is 0 Å². The predicted molar refractivity (Wildman–Crippen MR) is 115 cm³/mol. The molecule has 0 unspecified atom stereocenters. The summed E-state index contributed by atoms with van der Waals surface area (Å²) in [5.74, 6) is -0.803. The number of hydrogen-bond acceptors (Lipinski definition) is 5. The summed E-state index contributed by atoms with van der Waals surface area (Å²) in [4.78, 5) is 27.1. The summed E-state index contributed by atoms with van der Waals surface area (Å²) >= 11 is 3.44. The van der Waals surface area contributed by atoms with E-state index in [1.807, 2.05) is 13.8 Å². The number of ether oxygens (including phenoxy) is 3. The Bertz CT molecular complexity index is 976. The largest absolute Gasteiger partial charge is 0.496 e. The van der Waals surface area contributed by atoms with E-state index < -0.39 is 17.9 Å². The number of halogens is 1. The minimum absolute atomic E-state index is 0.275. The fourth-order valence-electron chi connectivity index (χ4n) is 3.82. The fraction of sp³-hybridized carbons (Fsp3) is 0.364. The maximum absolute atomic E-state index is 13.2. The van der Waals surface area contributed by atoms with Gasteiger partial charge in [-0.05, 0) is 65.2 Å². The van der Waals surface area contributed by atoms with Crippen molar-refractivity contribution in [2.45, 2.75) is 25.8 Å². The normalized spacial score (nSPS) is 18.0. The van der Waals surface area contributed by atoms with Crippen LogP contribution < -0.4 is 14.2 Å². The van der Waals surface area contributed by atoms with Crippen LogP contribution in [-0.2, 0) is 4.79 Å². The molecule has 30 heavy (non-hydrogen) atoms. The molecule has 8 heteroatoms. The highest BCUT2D eigenvalue weighted by molar-refractivity contribution is 9.10. The van der Waals surface area contributed by atoms with Crippen LogP contribution in [0, 0.1) is 0 Å². The fourth-order valence-corrected chi connectivity index (χ4v) is 4.37. The number of likely N-dealkylation sites (N-methyl/N-ethyl adjacent to an activating group) is 1. The van der Waals surface area contributed by atoms with Gasteiger partial charge in [-0.1, -0.05) is 6.07 Å². The summed E-state index contributed by atoms with van der Waals surface area (Å²) in [5.41, 5.74) is 1.40. The van der Waals surface area contributed by atoms with Gasteiger partial charge >= 0.3 is 5.97 Å². The highest BCUT2D eigenvalue weighted by Crippen LogP contribution is 2.46. The highest BCUT2D eigenvalue weighted by atomic mass is 79.9. The Hall–Kier alpha value is -2.74. The molecule has 3 rings (SSSR count). The number of carboxylic acid groups (broad SMARTS) is 1. The molecule has 0 aliphatic carbocycles. The van der Waals surface area contributed by atoms with Crippen LogP contribution in [0.5, 0.6) is 17.2 Å². The van der Waals surface area contributed by atoms with E-state index in [-0.39, 0.29) is 5.91 Å². The number of amides is 1. The molecule has 0 saturated heterocycles. The molecule has 1 heterocycles. The van der Waals surface area contributed by atoms with Gasteiger partial charge in [0.15, 0.2) is 11.5 Å². The van der Waals surface area contributed by atoms with Gasteiger partial charge in [0.1, 0.15) is 11.7 Å². The van der Waals surface area contributed by atoms with E-state index in [4.69, 9.17) is 14.2 Å². The van der Waals surface area contributed by atoms with Crippen molar-refractivity contribution >= 4 is 27.8 Å². The molecule has 0 fully saturated rings. The Labute approximate surface area is 183 Å². The van der Waals surface area contributed by atoms with Gasteiger partial charge in [0.2, 0.25) is 0 Å². The van der Waals surface area contributed by atoms with Gasteiger partial charge in [-0.2, -0.15) is 0 Å². The van der Waals surface area contributed by atoms with Crippen LogP contribution in [0.25, 0.3) is 0 Å². The maximum Gasteiger partial charge on any atom is 0.313 e. The first-order chi connectivity index (χ1) is 14.3. The van der Waals surface area contributed by atoms with Crippen molar-refractivity contribution in [3.8, 4) is 17.2 Å². The van der Waals surface area contributed by atoms with Crippen LogP contribution >= 0.6 is 15.9 Å². The Balaban J connectivity index is 2.20. The molecule has 0 aromatic heterocycles. The molecule has 0 saturated carbocycles. The van der Waals surface area contributed by atoms with Crippen LogP contribution in [0.15, 0.2) is 34.8 Å². The molecule has 0 bridgehead atoms. The summed E-state index contributed by atoms with van der Waals surface area (Å²) in [6, 6.07) is 7.81. The molecule has 160 valence electrons. The average molecular weight is 478 g/mol. The second-order valence-electron chi connectivity index (χ2n) is 6.82. The lowest BCUT2D eigenvalue weighted by atomic mass is 9.80. The third-order valence-electron chi connectivity index (χ3n) is 5.12. The molecular weight excluding hydrogens is 454 g/mol. The molecule has 1 N–H and O–H groups in total. The number of fused-ring (bicyclic) bond motifs is 1. The van der Waals surface area contributed by atoms with Gasteiger partial charge in [-0.15, -0.1) is 0 Å². The van der Waals surface area contributed by atoms with Crippen LogP contribution in [-0.4, -0.2) is 49.3 Å². The lowest BCUT2D eigenvalue weighted by Gasteiger charge is -2.39. The predicted octanol–water partition coefficient (Wildman–Crippen LogP) is 4.25. The van der Waals surface area contributed by atoms with Gasteiger partial charge in [0, 0.05) is 12.6 Å². The first-order valence-electron chi connectivity index (χ1n) is 9.60. The van der Waals surface area contributed by atoms with E-state index in [1.165, 1.54) is 4.90 Å². The number of benzene rings is 2. The minimum Gasteiger partial charge on any atom is -0.496 e. The van der Waals surface area contributed by atoms with E-state index in [1.54, 1.807) is 44.5 Å². The number of carboxylic acids is 1. The van der Waals surface area contributed by atoms with Gasteiger partial charge in [-0.25, -0.2) is 0 Å². The second-order valence-corrected chi connectivity index (χ2v) is 7.68. The van der Waals surface area contributed by atoms with Crippen LogP contribution in [0.4, 0.5) is 0 Å². The quantitative estimate of drug-likeness (QED) is 0.641. The topological polar surface area (TPSA) is 85.3 Å². The van der Waals surface area contributed by atoms with Crippen molar-refractivity contribution < 1.29 is 28.9 Å². The van der Waals surface area contributed by atoms with E-state index in [2.05, 4.69) is 15.9 Å². The standard InChI is InChI=1S/C22H24BrNO6/c1-5-29-17-10-13-14(11-18(17)30-6-2)21(25)24(3)20(19(13)22(26)27)12-7-8-16(28-4)15(23)9-12/h7-11,19-20H,5-6H2,1-4H3,(H,26,27)/t19-,20-/m1/s1. The summed E-state index contributed by atoms with van der Waals surface area (Å²) in [6.45, 7) is 4.45. The van der Waals surface area contributed by atoms with E-state index in [0.29, 0.717) is 51.6 Å². The van der Waals surface area contributed by atoms with Crippen LogP contribution in [0.3, 0.4) is 0 Å². The molecule has 1 aliphatic rings. The van der Waals surface area contributed by atoms with Crippen molar-refractivity contribution in [2.75, 3.05) is 27.4 Å². The van der Waals surface area contributed by atoms with Gasteiger partial charge in [0.25, 0.3) is 5.91 Å². The monoisotopic (exact) mass is 477 g/mol. The summed E-state index contributed by atoms with van der Waals surface area (Å²) in [5, 5.41) is 10.1. The number of rotatable bonds is 7. The smallest absolute Gasteiger partial charge is 0.313 e. The number of hydrogen-bond donors (Lipinski definition) is 1. The number of carbonyl (C=O) groups is 2. The summed E-state index contributed by atoms with van der Waals surface area (Å²) in [6.07, 6.45) is 0. The number of methoxy groups -OCH3 is 1. The zero-order valence-corrected chi connectivity index (χ0v) is 18.9. The van der Waals surface area contributed by atoms with E-state index >= 15 is 0 Å². The van der Waals surface area contributed by atoms with Crippen molar-refractivity contribution in [2.24, 2.45) is 0 Å².